The van der Waals surface area contributed by atoms with Gasteiger partial charge in [0.2, 0.25) is 0 Å². The summed E-state index contributed by atoms with van der Waals surface area (Å²) < 4.78 is 5.44. The maximum Gasteiger partial charge on any atom is 0.250 e. The van der Waals surface area contributed by atoms with E-state index in [9.17, 15) is 4.79 Å². The van der Waals surface area contributed by atoms with E-state index in [-0.39, 0.29) is 0 Å². The minimum Gasteiger partial charge on any atom is -0.381 e. The summed E-state index contributed by atoms with van der Waals surface area (Å²) >= 11 is 0. The predicted molar refractivity (Wildman–Crippen MR) is 100 cm³/mol. The number of rotatable bonds is 4. The van der Waals surface area contributed by atoms with Gasteiger partial charge >= 0.3 is 0 Å². The Morgan fingerprint density at radius 2 is 1.92 bits per heavy atom. The summed E-state index contributed by atoms with van der Waals surface area (Å²) in [5.41, 5.74) is 9.78. The number of primary amides is 1. The Balaban J connectivity index is 1.61. The van der Waals surface area contributed by atoms with E-state index in [2.05, 4.69) is 34.2 Å². The largest absolute Gasteiger partial charge is 0.381 e. The molecule has 0 atom stereocenters. The van der Waals surface area contributed by atoms with Crippen LogP contribution in [0, 0.1) is 0 Å². The molecule has 0 saturated carbocycles. The number of pyridine rings is 2. The van der Waals surface area contributed by atoms with Gasteiger partial charge in [-0.15, -0.1) is 0 Å². The number of hydrogen-bond donors (Lipinski definition) is 1. The molecule has 1 aliphatic rings. The zero-order chi connectivity index (χ0) is 17.9. The SMILES string of the molecule is NC(=O)c1cc2cccnc2nc1Cc1ccc(C2CCOCC2)cc1. The van der Waals surface area contributed by atoms with Crippen LogP contribution in [0.1, 0.15) is 45.9 Å². The summed E-state index contributed by atoms with van der Waals surface area (Å²) in [5, 5.41) is 0.819. The number of nitrogens with two attached hydrogens (primary N) is 1. The van der Waals surface area contributed by atoms with Crippen molar-refractivity contribution in [2.45, 2.75) is 25.2 Å². The van der Waals surface area contributed by atoms with Crippen LogP contribution in [0.2, 0.25) is 0 Å². The first-order valence-corrected chi connectivity index (χ1v) is 8.92. The predicted octanol–water partition coefficient (Wildman–Crippen LogP) is 3.21. The minimum absolute atomic E-state index is 0.457. The Morgan fingerprint density at radius 1 is 1.15 bits per heavy atom. The van der Waals surface area contributed by atoms with Gasteiger partial charge in [-0.05, 0) is 48.1 Å². The molecule has 0 spiro atoms. The van der Waals surface area contributed by atoms with E-state index in [1.54, 1.807) is 12.3 Å². The topological polar surface area (TPSA) is 78.1 Å². The Morgan fingerprint density at radius 3 is 2.65 bits per heavy atom. The lowest BCUT2D eigenvalue weighted by molar-refractivity contribution is 0.0853. The molecule has 1 aromatic carbocycles. The van der Waals surface area contributed by atoms with Crippen molar-refractivity contribution in [2.75, 3.05) is 13.2 Å². The van der Waals surface area contributed by atoms with Gasteiger partial charge in [-0.25, -0.2) is 9.97 Å². The lowest BCUT2D eigenvalue weighted by Crippen LogP contribution is -2.15. The second-order valence-corrected chi connectivity index (χ2v) is 6.70. The molecule has 132 valence electrons. The van der Waals surface area contributed by atoms with E-state index < -0.39 is 5.91 Å². The van der Waals surface area contributed by atoms with Crippen molar-refractivity contribution in [3.05, 3.63) is 71.0 Å². The zero-order valence-corrected chi connectivity index (χ0v) is 14.5. The van der Waals surface area contributed by atoms with E-state index in [0.29, 0.717) is 29.2 Å². The molecule has 3 aromatic rings. The van der Waals surface area contributed by atoms with Gasteiger partial charge in [-0.3, -0.25) is 4.79 Å². The van der Waals surface area contributed by atoms with Crippen LogP contribution in [0.4, 0.5) is 0 Å². The summed E-state index contributed by atoms with van der Waals surface area (Å²) in [6, 6.07) is 14.1. The fourth-order valence-corrected chi connectivity index (χ4v) is 3.52. The maximum absolute atomic E-state index is 11.9. The highest BCUT2D eigenvalue weighted by Gasteiger charge is 2.16. The van der Waals surface area contributed by atoms with Crippen molar-refractivity contribution in [1.29, 1.82) is 0 Å². The zero-order valence-electron chi connectivity index (χ0n) is 14.5. The highest BCUT2D eigenvalue weighted by Crippen LogP contribution is 2.27. The first kappa shape index (κ1) is 16.7. The molecule has 2 aromatic heterocycles. The van der Waals surface area contributed by atoms with Crippen molar-refractivity contribution in [3.63, 3.8) is 0 Å². The molecule has 0 aliphatic carbocycles. The maximum atomic E-state index is 11.9. The lowest BCUT2D eigenvalue weighted by Gasteiger charge is -2.22. The molecule has 5 heteroatoms. The van der Waals surface area contributed by atoms with Crippen LogP contribution in [0.3, 0.4) is 0 Å². The van der Waals surface area contributed by atoms with E-state index >= 15 is 0 Å². The first-order valence-electron chi connectivity index (χ1n) is 8.92. The van der Waals surface area contributed by atoms with Crippen LogP contribution >= 0.6 is 0 Å². The number of carbonyl (C=O) groups is 1. The van der Waals surface area contributed by atoms with Crippen LogP contribution in [0.15, 0.2) is 48.7 Å². The number of nitrogens with zero attached hydrogens (tertiary/aromatic N) is 2. The molecule has 1 saturated heterocycles. The number of ether oxygens (including phenoxy) is 1. The third-order valence-electron chi connectivity index (χ3n) is 4.98. The lowest BCUT2D eigenvalue weighted by atomic mass is 9.90. The minimum atomic E-state index is -0.461. The van der Waals surface area contributed by atoms with Gasteiger partial charge in [0.1, 0.15) is 0 Å². The van der Waals surface area contributed by atoms with Gasteiger partial charge in [-0.2, -0.15) is 0 Å². The number of aromatic nitrogens is 2. The Labute approximate surface area is 152 Å². The van der Waals surface area contributed by atoms with Gasteiger partial charge in [0.05, 0.1) is 11.3 Å². The van der Waals surface area contributed by atoms with Gasteiger partial charge in [0.15, 0.2) is 5.65 Å². The van der Waals surface area contributed by atoms with E-state index in [1.165, 1.54) is 5.56 Å². The quantitative estimate of drug-likeness (QED) is 0.786. The van der Waals surface area contributed by atoms with E-state index in [4.69, 9.17) is 10.5 Å². The van der Waals surface area contributed by atoms with Crippen molar-refractivity contribution >= 4 is 16.9 Å². The molecule has 1 aliphatic heterocycles. The van der Waals surface area contributed by atoms with Crippen LogP contribution in [-0.2, 0) is 11.2 Å². The second-order valence-electron chi connectivity index (χ2n) is 6.70. The van der Waals surface area contributed by atoms with Crippen molar-refractivity contribution in [3.8, 4) is 0 Å². The Bertz CT molecular complexity index is 932. The monoisotopic (exact) mass is 347 g/mol. The van der Waals surface area contributed by atoms with Gasteiger partial charge in [0.25, 0.3) is 5.91 Å². The third kappa shape index (κ3) is 3.44. The fraction of sp³-hybridized carbons (Fsp3) is 0.286. The molecule has 0 bridgehead atoms. The summed E-state index contributed by atoms with van der Waals surface area (Å²) in [4.78, 5) is 20.7. The number of carbonyl (C=O) groups excluding carboxylic acids is 1. The summed E-state index contributed by atoms with van der Waals surface area (Å²) in [6.45, 7) is 1.67. The highest BCUT2D eigenvalue weighted by molar-refractivity contribution is 5.97. The normalized spacial score (nSPS) is 15.2. The number of fused-ring (bicyclic) bond motifs is 1. The van der Waals surface area contributed by atoms with Gasteiger partial charge in [0, 0.05) is 31.2 Å². The third-order valence-corrected chi connectivity index (χ3v) is 4.98. The average molecular weight is 347 g/mol. The molecular formula is C21H21N3O2. The molecule has 0 unspecified atom stereocenters. The van der Waals surface area contributed by atoms with Crippen LogP contribution in [-0.4, -0.2) is 29.1 Å². The molecular weight excluding hydrogens is 326 g/mol. The van der Waals surface area contributed by atoms with Crippen LogP contribution in [0.25, 0.3) is 11.0 Å². The summed E-state index contributed by atoms with van der Waals surface area (Å²) in [5.74, 6) is 0.110. The van der Waals surface area contributed by atoms with Gasteiger partial charge < -0.3 is 10.5 Å². The van der Waals surface area contributed by atoms with Crippen molar-refractivity contribution < 1.29 is 9.53 Å². The van der Waals surface area contributed by atoms with E-state index in [0.717, 1.165) is 37.0 Å². The van der Waals surface area contributed by atoms with Crippen molar-refractivity contribution in [2.24, 2.45) is 5.73 Å². The first-order chi connectivity index (χ1) is 12.7. The van der Waals surface area contributed by atoms with Crippen molar-refractivity contribution in [1.82, 2.24) is 9.97 Å². The standard InChI is InChI=1S/C21H21N3O2/c22-20(25)18-13-17-2-1-9-23-21(17)24-19(18)12-14-3-5-15(6-4-14)16-7-10-26-11-8-16/h1-6,9,13,16H,7-8,10-12H2,(H2,22,25). The molecule has 1 amide bonds. The smallest absolute Gasteiger partial charge is 0.250 e. The summed E-state index contributed by atoms with van der Waals surface area (Å²) in [6.07, 6.45) is 4.40. The molecule has 3 heterocycles. The highest BCUT2D eigenvalue weighted by atomic mass is 16.5. The molecule has 1 fully saturated rings. The fourth-order valence-electron chi connectivity index (χ4n) is 3.52. The number of amides is 1. The number of hydrogen-bond acceptors (Lipinski definition) is 4. The van der Waals surface area contributed by atoms with Gasteiger partial charge in [-0.1, -0.05) is 24.3 Å². The Hall–Kier alpha value is -2.79. The van der Waals surface area contributed by atoms with Crippen LogP contribution in [0.5, 0.6) is 0 Å². The molecule has 4 rings (SSSR count). The van der Waals surface area contributed by atoms with Crippen LogP contribution < -0.4 is 5.73 Å². The van der Waals surface area contributed by atoms with E-state index in [1.807, 2.05) is 12.1 Å². The molecule has 26 heavy (non-hydrogen) atoms. The molecule has 2 N–H and O–H groups in total. The number of benzene rings is 1. The molecule has 0 radical (unpaired) electrons. The Kier molecular flexibility index (Phi) is 4.63. The average Bonchev–Trinajstić information content (AvgIpc) is 2.68. The summed E-state index contributed by atoms with van der Waals surface area (Å²) in [7, 11) is 0. The second kappa shape index (κ2) is 7.22. The molecule has 5 nitrogen and oxygen atoms in total.